The van der Waals surface area contributed by atoms with Crippen LogP contribution in [0.5, 0.6) is 0 Å². The molecule has 1 saturated carbocycles. The number of carboxylic acids is 1. The standard InChI is InChI=1S/C12H20N4O2S/c1-7(2)14-12(10(17)18)5-4-9(6-12)19-11-13-8(3)15-16-11/h7,9,14H,4-6H2,1-3H3,(H,17,18)(H,13,15,16). The number of aliphatic carboxylic acids is 1. The van der Waals surface area contributed by atoms with Crippen LogP contribution in [0.4, 0.5) is 0 Å². The van der Waals surface area contributed by atoms with Crippen molar-refractivity contribution < 1.29 is 9.90 Å². The predicted molar refractivity (Wildman–Crippen MR) is 73.3 cm³/mol. The Morgan fingerprint density at radius 2 is 2.37 bits per heavy atom. The number of hydrogen-bond acceptors (Lipinski definition) is 5. The molecule has 106 valence electrons. The van der Waals surface area contributed by atoms with Crippen LogP contribution in [0.25, 0.3) is 0 Å². The van der Waals surface area contributed by atoms with E-state index in [1.54, 1.807) is 11.8 Å². The smallest absolute Gasteiger partial charge is 0.323 e. The van der Waals surface area contributed by atoms with E-state index < -0.39 is 11.5 Å². The average molecular weight is 284 g/mol. The molecule has 1 fully saturated rings. The Balaban J connectivity index is 2.02. The van der Waals surface area contributed by atoms with E-state index in [9.17, 15) is 9.90 Å². The lowest BCUT2D eigenvalue weighted by molar-refractivity contribution is -0.145. The van der Waals surface area contributed by atoms with Gasteiger partial charge in [0.25, 0.3) is 0 Å². The summed E-state index contributed by atoms with van der Waals surface area (Å²) in [7, 11) is 0. The first-order valence-corrected chi connectivity index (χ1v) is 7.36. The Labute approximate surface area is 116 Å². The zero-order chi connectivity index (χ0) is 14.0. The number of aromatic nitrogens is 3. The van der Waals surface area contributed by atoms with Gasteiger partial charge in [0.1, 0.15) is 11.4 Å². The largest absolute Gasteiger partial charge is 0.480 e. The molecule has 1 heterocycles. The molecule has 0 aliphatic heterocycles. The van der Waals surface area contributed by atoms with Crippen molar-refractivity contribution >= 4 is 17.7 Å². The molecule has 2 unspecified atom stereocenters. The quantitative estimate of drug-likeness (QED) is 0.760. The normalized spacial score (nSPS) is 27.1. The number of carbonyl (C=O) groups is 1. The maximum absolute atomic E-state index is 11.6. The third kappa shape index (κ3) is 3.27. The van der Waals surface area contributed by atoms with Crippen LogP contribution in [0.3, 0.4) is 0 Å². The minimum Gasteiger partial charge on any atom is -0.480 e. The molecule has 0 spiro atoms. The van der Waals surface area contributed by atoms with Gasteiger partial charge in [0.2, 0.25) is 5.16 Å². The van der Waals surface area contributed by atoms with Crippen molar-refractivity contribution in [1.29, 1.82) is 0 Å². The third-order valence-electron chi connectivity index (χ3n) is 3.29. The Bertz CT molecular complexity index is 462. The lowest BCUT2D eigenvalue weighted by atomic mass is 9.97. The molecule has 1 aliphatic rings. The molecular formula is C12H20N4O2S. The van der Waals surface area contributed by atoms with Crippen molar-refractivity contribution in [2.75, 3.05) is 0 Å². The second kappa shape index (κ2) is 5.50. The van der Waals surface area contributed by atoms with E-state index in [0.717, 1.165) is 12.2 Å². The van der Waals surface area contributed by atoms with E-state index in [4.69, 9.17) is 0 Å². The molecule has 1 aromatic heterocycles. The van der Waals surface area contributed by atoms with Gasteiger partial charge in [-0.1, -0.05) is 11.8 Å². The highest BCUT2D eigenvalue weighted by atomic mass is 32.2. The molecule has 0 aromatic carbocycles. The molecule has 3 N–H and O–H groups in total. The second-order valence-corrected chi connectivity index (χ2v) is 6.64. The first-order valence-electron chi connectivity index (χ1n) is 6.48. The number of thioether (sulfide) groups is 1. The van der Waals surface area contributed by atoms with Crippen LogP contribution in [0, 0.1) is 6.92 Å². The fourth-order valence-electron chi connectivity index (χ4n) is 2.56. The van der Waals surface area contributed by atoms with Gasteiger partial charge >= 0.3 is 5.97 Å². The molecule has 0 saturated heterocycles. The minimum atomic E-state index is -0.794. The summed E-state index contributed by atoms with van der Waals surface area (Å²) < 4.78 is 0. The molecule has 19 heavy (non-hydrogen) atoms. The van der Waals surface area contributed by atoms with Gasteiger partial charge < -0.3 is 5.11 Å². The van der Waals surface area contributed by atoms with Gasteiger partial charge in [-0.05, 0) is 40.0 Å². The summed E-state index contributed by atoms with van der Waals surface area (Å²) in [6.45, 7) is 5.81. The van der Waals surface area contributed by atoms with E-state index in [1.807, 2.05) is 20.8 Å². The fraction of sp³-hybridized carbons (Fsp3) is 0.750. The van der Waals surface area contributed by atoms with E-state index in [-0.39, 0.29) is 11.3 Å². The highest BCUT2D eigenvalue weighted by Gasteiger charge is 2.46. The summed E-state index contributed by atoms with van der Waals surface area (Å²) in [6, 6.07) is 0.158. The zero-order valence-corrected chi connectivity index (χ0v) is 12.3. The van der Waals surface area contributed by atoms with Crippen molar-refractivity contribution in [2.45, 2.75) is 62.0 Å². The van der Waals surface area contributed by atoms with Crippen LogP contribution in [0.15, 0.2) is 5.16 Å². The predicted octanol–water partition coefficient (Wildman–Crippen LogP) is 1.58. The zero-order valence-electron chi connectivity index (χ0n) is 11.4. The Hall–Kier alpha value is -1.08. The number of hydrogen-bond donors (Lipinski definition) is 3. The van der Waals surface area contributed by atoms with Gasteiger partial charge in [-0.2, -0.15) is 0 Å². The van der Waals surface area contributed by atoms with E-state index in [0.29, 0.717) is 18.0 Å². The molecule has 0 radical (unpaired) electrons. The molecule has 0 bridgehead atoms. The van der Waals surface area contributed by atoms with Crippen LogP contribution in [-0.4, -0.2) is 43.1 Å². The average Bonchev–Trinajstić information content (AvgIpc) is 2.87. The number of nitrogens with one attached hydrogen (secondary N) is 2. The summed E-state index contributed by atoms with van der Waals surface area (Å²) in [6.07, 6.45) is 2.13. The van der Waals surface area contributed by atoms with Crippen molar-refractivity contribution in [3.63, 3.8) is 0 Å². The molecule has 2 rings (SSSR count). The van der Waals surface area contributed by atoms with Crippen molar-refractivity contribution in [2.24, 2.45) is 0 Å². The van der Waals surface area contributed by atoms with Crippen LogP contribution in [0.2, 0.25) is 0 Å². The van der Waals surface area contributed by atoms with Crippen molar-refractivity contribution in [3.8, 4) is 0 Å². The minimum absolute atomic E-state index is 0.158. The van der Waals surface area contributed by atoms with Crippen LogP contribution >= 0.6 is 11.8 Å². The SMILES string of the molecule is Cc1nc(SC2CCC(NC(C)C)(C(=O)O)C2)n[nH]1. The third-order valence-corrected chi connectivity index (χ3v) is 4.42. The molecule has 2 atom stereocenters. The summed E-state index contributed by atoms with van der Waals surface area (Å²) in [5.74, 6) is 0.0285. The van der Waals surface area contributed by atoms with Gasteiger partial charge in [-0.25, -0.2) is 4.98 Å². The monoisotopic (exact) mass is 284 g/mol. The molecule has 6 nitrogen and oxygen atoms in total. The Morgan fingerprint density at radius 3 is 2.89 bits per heavy atom. The first kappa shape index (κ1) is 14.3. The molecule has 0 amide bonds. The van der Waals surface area contributed by atoms with Gasteiger partial charge in [-0.3, -0.25) is 15.2 Å². The van der Waals surface area contributed by atoms with Crippen LogP contribution < -0.4 is 5.32 Å². The van der Waals surface area contributed by atoms with Crippen LogP contribution in [-0.2, 0) is 4.79 Å². The maximum Gasteiger partial charge on any atom is 0.323 e. The Kier molecular flexibility index (Phi) is 4.15. The van der Waals surface area contributed by atoms with Crippen molar-refractivity contribution in [1.82, 2.24) is 20.5 Å². The molecule has 7 heteroatoms. The topological polar surface area (TPSA) is 90.9 Å². The van der Waals surface area contributed by atoms with Gasteiger partial charge in [0.05, 0.1) is 0 Å². The number of aromatic amines is 1. The number of rotatable bonds is 5. The summed E-state index contributed by atoms with van der Waals surface area (Å²) in [5, 5.41) is 20.6. The number of carboxylic acid groups (broad SMARTS) is 1. The number of nitrogens with zero attached hydrogens (tertiary/aromatic N) is 2. The lowest BCUT2D eigenvalue weighted by Gasteiger charge is -2.28. The summed E-state index contributed by atoms with van der Waals surface area (Å²) in [5.41, 5.74) is -0.794. The van der Waals surface area contributed by atoms with E-state index >= 15 is 0 Å². The first-order chi connectivity index (χ1) is 8.91. The Morgan fingerprint density at radius 1 is 1.63 bits per heavy atom. The van der Waals surface area contributed by atoms with Crippen LogP contribution in [0.1, 0.15) is 38.9 Å². The van der Waals surface area contributed by atoms with Gasteiger partial charge in [-0.15, -0.1) is 5.10 Å². The lowest BCUT2D eigenvalue weighted by Crippen LogP contribution is -2.53. The van der Waals surface area contributed by atoms with E-state index in [1.165, 1.54) is 0 Å². The number of H-pyrrole nitrogens is 1. The summed E-state index contributed by atoms with van der Waals surface area (Å²) in [4.78, 5) is 15.8. The molecule has 1 aliphatic carbocycles. The maximum atomic E-state index is 11.6. The molecular weight excluding hydrogens is 264 g/mol. The fourth-order valence-corrected chi connectivity index (χ4v) is 3.75. The highest BCUT2D eigenvalue weighted by molar-refractivity contribution is 7.99. The van der Waals surface area contributed by atoms with E-state index in [2.05, 4.69) is 20.5 Å². The molecule has 1 aromatic rings. The van der Waals surface area contributed by atoms with Gasteiger partial charge in [0, 0.05) is 11.3 Å². The highest BCUT2D eigenvalue weighted by Crippen LogP contribution is 2.39. The van der Waals surface area contributed by atoms with Crippen molar-refractivity contribution in [3.05, 3.63) is 5.82 Å². The second-order valence-electron chi connectivity index (χ2n) is 5.37. The van der Waals surface area contributed by atoms with Gasteiger partial charge in [0.15, 0.2) is 0 Å². The summed E-state index contributed by atoms with van der Waals surface area (Å²) >= 11 is 1.56. The number of aryl methyl sites for hydroxylation is 1.